The van der Waals surface area contributed by atoms with E-state index in [1.807, 2.05) is 0 Å². The molecule has 0 saturated carbocycles. The number of fused-ring (bicyclic) bond motifs is 2. The van der Waals surface area contributed by atoms with Crippen molar-refractivity contribution in [3.8, 4) is 11.5 Å². The van der Waals surface area contributed by atoms with Gasteiger partial charge < -0.3 is 29.9 Å². The first-order valence-corrected chi connectivity index (χ1v) is 6.51. The topological polar surface area (TPSA) is 134 Å². The maximum absolute atomic E-state index is 12.3. The minimum atomic E-state index is -1.64. The Morgan fingerprint density at radius 3 is 2.30 bits per heavy atom. The number of hydrogen-bond acceptors (Lipinski definition) is 8. The first kappa shape index (κ1) is 14.9. The van der Waals surface area contributed by atoms with Gasteiger partial charge in [-0.05, 0) is 13.0 Å². The monoisotopic (exact) mass is 320 g/mol. The molecule has 1 heterocycles. The predicted molar refractivity (Wildman–Crippen MR) is 74.8 cm³/mol. The fourth-order valence-electron chi connectivity index (χ4n) is 2.70. The molecule has 0 radical (unpaired) electrons. The molecular formula is C15H12O8. The van der Waals surface area contributed by atoms with Crippen LogP contribution < -0.4 is 0 Å². The lowest BCUT2D eigenvalue weighted by Crippen LogP contribution is -2.25. The zero-order valence-corrected chi connectivity index (χ0v) is 12.1. The van der Waals surface area contributed by atoms with E-state index in [-0.39, 0.29) is 16.9 Å². The Labute approximate surface area is 129 Å². The maximum Gasteiger partial charge on any atom is 0.236 e. The van der Waals surface area contributed by atoms with Crippen molar-refractivity contribution in [2.45, 2.75) is 13.2 Å². The highest BCUT2D eigenvalue weighted by Crippen LogP contribution is 2.47. The van der Waals surface area contributed by atoms with Crippen molar-refractivity contribution in [2.75, 3.05) is 7.11 Å². The Bertz CT molecular complexity index is 831. The van der Waals surface area contributed by atoms with E-state index in [4.69, 9.17) is 9.47 Å². The molecule has 0 spiro atoms. The zero-order chi connectivity index (χ0) is 17.0. The van der Waals surface area contributed by atoms with E-state index in [1.54, 1.807) is 0 Å². The Kier molecular flexibility index (Phi) is 3.08. The first-order chi connectivity index (χ1) is 10.8. The SMILES string of the molecule is COC1=C(O)C(=O)c2c(O)c3c(c(O)c2C1=O)C=C(C)O[C@@H]3O. The van der Waals surface area contributed by atoms with Crippen molar-refractivity contribution in [3.63, 3.8) is 0 Å². The van der Waals surface area contributed by atoms with Crippen LogP contribution in [0.25, 0.3) is 6.08 Å². The molecule has 0 amide bonds. The van der Waals surface area contributed by atoms with Crippen LogP contribution in [0.4, 0.5) is 0 Å². The summed E-state index contributed by atoms with van der Waals surface area (Å²) in [6, 6.07) is 0. The average molecular weight is 320 g/mol. The second-order valence-electron chi connectivity index (χ2n) is 5.04. The molecule has 1 aliphatic carbocycles. The van der Waals surface area contributed by atoms with Crippen LogP contribution in [0.1, 0.15) is 45.1 Å². The summed E-state index contributed by atoms with van der Waals surface area (Å²) >= 11 is 0. The Morgan fingerprint density at radius 2 is 1.70 bits per heavy atom. The number of allylic oxidation sites excluding steroid dienone is 3. The third kappa shape index (κ3) is 1.82. The lowest BCUT2D eigenvalue weighted by Gasteiger charge is -2.27. The van der Waals surface area contributed by atoms with Crippen molar-refractivity contribution in [3.05, 3.63) is 39.5 Å². The van der Waals surface area contributed by atoms with Crippen LogP contribution in [0, 0.1) is 0 Å². The molecule has 0 bridgehead atoms. The molecule has 0 fully saturated rings. The number of ether oxygens (including phenoxy) is 2. The van der Waals surface area contributed by atoms with Gasteiger partial charge in [-0.15, -0.1) is 0 Å². The molecule has 1 aliphatic heterocycles. The number of carbonyl (C=O) groups excluding carboxylic acids is 2. The van der Waals surface area contributed by atoms with Gasteiger partial charge in [-0.1, -0.05) is 0 Å². The summed E-state index contributed by atoms with van der Waals surface area (Å²) < 4.78 is 9.72. The summed E-state index contributed by atoms with van der Waals surface area (Å²) in [5.41, 5.74) is -1.42. The third-order valence-electron chi connectivity index (χ3n) is 3.71. The van der Waals surface area contributed by atoms with E-state index in [0.29, 0.717) is 0 Å². The smallest absolute Gasteiger partial charge is 0.236 e. The van der Waals surface area contributed by atoms with Gasteiger partial charge >= 0.3 is 0 Å². The van der Waals surface area contributed by atoms with E-state index in [9.17, 15) is 30.0 Å². The summed E-state index contributed by atoms with van der Waals surface area (Å²) in [6.45, 7) is 1.50. The molecular weight excluding hydrogens is 308 g/mol. The number of phenols is 2. The van der Waals surface area contributed by atoms with Gasteiger partial charge in [0.1, 0.15) is 11.5 Å². The van der Waals surface area contributed by atoms with Crippen molar-refractivity contribution in [1.82, 2.24) is 0 Å². The Hall–Kier alpha value is -3.00. The maximum atomic E-state index is 12.3. The number of benzene rings is 1. The molecule has 0 unspecified atom stereocenters. The normalized spacial score (nSPS) is 19.8. The highest BCUT2D eigenvalue weighted by atomic mass is 16.6. The molecule has 4 N–H and O–H groups in total. The van der Waals surface area contributed by atoms with Crippen molar-refractivity contribution < 1.29 is 39.5 Å². The van der Waals surface area contributed by atoms with Gasteiger partial charge in [-0.25, -0.2) is 0 Å². The predicted octanol–water partition coefficient (Wildman–Crippen LogP) is 1.27. The molecule has 2 aliphatic rings. The molecule has 8 nitrogen and oxygen atoms in total. The lowest BCUT2D eigenvalue weighted by molar-refractivity contribution is -0.0703. The molecule has 0 saturated heterocycles. The number of carbonyl (C=O) groups is 2. The Balaban J connectivity index is 2.42. The van der Waals surface area contributed by atoms with Crippen LogP contribution in [0.2, 0.25) is 0 Å². The first-order valence-electron chi connectivity index (χ1n) is 6.51. The molecule has 23 heavy (non-hydrogen) atoms. The molecule has 8 heteroatoms. The van der Waals surface area contributed by atoms with Gasteiger partial charge in [0, 0.05) is 5.56 Å². The molecule has 0 aromatic heterocycles. The standard InChI is InChI=1S/C15H12O8/c1-4-3-5-6(15(21)23-4)10(17)8-7(9(5)16)12(19)14(22-2)13(20)11(8)18/h3,15-17,20-21H,1-2H3/t15-/m0/s1. The van der Waals surface area contributed by atoms with Gasteiger partial charge in [0.25, 0.3) is 0 Å². The van der Waals surface area contributed by atoms with Crippen molar-refractivity contribution >= 4 is 17.6 Å². The minimum absolute atomic E-state index is 0.0458. The zero-order valence-electron chi connectivity index (χ0n) is 12.1. The molecule has 3 rings (SSSR count). The average Bonchev–Trinajstić information content (AvgIpc) is 2.48. The summed E-state index contributed by atoms with van der Waals surface area (Å²) in [7, 11) is 1.08. The van der Waals surface area contributed by atoms with Gasteiger partial charge in [0.2, 0.25) is 29.4 Å². The summed E-state index contributed by atoms with van der Waals surface area (Å²) in [6.07, 6.45) is -0.330. The number of rotatable bonds is 1. The van der Waals surface area contributed by atoms with E-state index in [1.165, 1.54) is 13.0 Å². The molecule has 1 atom stereocenters. The molecule has 1 aromatic rings. The second-order valence-corrected chi connectivity index (χ2v) is 5.04. The van der Waals surface area contributed by atoms with E-state index in [2.05, 4.69) is 0 Å². The van der Waals surface area contributed by atoms with Crippen LogP contribution in [0.15, 0.2) is 17.3 Å². The lowest BCUT2D eigenvalue weighted by atomic mass is 9.85. The van der Waals surface area contributed by atoms with Crippen LogP contribution in [0.3, 0.4) is 0 Å². The summed E-state index contributed by atoms with van der Waals surface area (Å²) in [4.78, 5) is 24.6. The Morgan fingerprint density at radius 1 is 1.09 bits per heavy atom. The summed E-state index contributed by atoms with van der Waals surface area (Å²) in [5, 5.41) is 40.4. The van der Waals surface area contributed by atoms with Crippen LogP contribution in [-0.2, 0) is 9.47 Å². The minimum Gasteiger partial charge on any atom is -0.507 e. The molecule has 120 valence electrons. The highest BCUT2D eigenvalue weighted by Gasteiger charge is 2.42. The number of aliphatic hydroxyl groups is 2. The number of Topliss-reactive ketones (excluding diaryl/α,β-unsaturated/α-hetero) is 2. The number of phenolic OH excluding ortho intramolecular Hbond substituents is 2. The summed E-state index contributed by atoms with van der Waals surface area (Å²) in [5.74, 6) is -4.81. The van der Waals surface area contributed by atoms with Crippen molar-refractivity contribution in [2.24, 2.45) is 0 Å². The fourth-order valence-corrected chi connectivity index (χ4v) is 2.70. The highest BCUT2D eigenvalue weighted by molar-refractivity contribution is 6.27. The van der Waals surface area contributed by atoms with Gasteiger partial charge in [0.15, 0.2) is 0 Å². The van der Waals surface area contributed by atoms with E-state index < -0.39 is 52.0 Å². The third-order valence-corrected chi connectivity index (χ3v) is 3.71. The number of aromatic hydroxyl groups is 2. The van der Waals surface area contributed by atoms with Crippen LogP contribution in [-0.4, -0.2) is 39.1 Å². The van der Waals surface area contributed by atoms with E-state index in [0.717, 1.165) is 7.11 Å². The largest absolute Gasteiger partial charge is 0.507 e. The number of methoxy groups -OCH3 is 1. The molecule has 1 aromatic carbocycles. The number of aliphatic hydroxyl groups excluding tert-OH is 2. The number of hydrogen-bond donors (Lipinski definition) is 4. The quantitative estimate of drug-likeness (QED) is 0.568. The van der Waals surface area contributed by atoms with Crippen molar-refractivity contribution in [1.29, 1.82) is 0 Å². The van der Waals surface area contributed by atoms with Gasteiger partial charge in [0.05, 0.1) is 29.6 Å². The van der Waals surface area contributed by atoms with Crippen LogP contribution in [0.5, 0.6) is 11.5 Å². The van der Waals surface area contributed by atoms with Crippen LogP contribution >= 0.6 is 0 Å². The van der Waals surface area contributed by atoms with Gasteiger partial charge in [-0.3, -0.25) is 9.59 Å². The van der Waals surface area contributed by atoms with Gasteiger partial charge in [-0.2, -0.15) is 0 Å². The fraction of sp³-hybridized carbons (Fsp3) is 0.200. The second kappa shape index (κ2) is 4.75. The van der Waals surface area contributed by atoms with E-state index >= 15 is 0 Å². The number of ketones is 2.